The quantitative estimate of drug-likeness (QED) is 0.767. The van der Waals surface area contributed by atoms with Gasteiger partial charge < -0.3 is 19.7 Å². The zero-order valence-corrected chi connectivity index (χ0v) is 10.3. The molecule has 2 aliphatic rings. The molecule has 2 fully saturated rings. The van der Waals surface area contributed by atoms with Crippen LogP contribution >= 0.6 is 0 Å². The Hall–Kier alpha value is -0.160. The molecule has 4 heteroatoms. The van der Waals surface area contributed by atoms with Gasteiger partial charge in [0.2, 0.25) is 0 Å². The molecule has 2 aliphatic heterocycles. The Morgan fingerprint density at radius 2 is 2.00 bits per heavy atom. The van der Waals surface area contributed by atoms with Crippen molar-refractivity contribution in [3.63, 3.8) is 0 Å². The van der Waals surface area contributed by atoms with Gasteiger partial charge in [-0.05, 0) is 45.3 Å². The molecule has 2 rings (SSSR count). The standard InChI is InChI=1S/C12H24N2O2/c1-14(8-11-2-5-13-6-3-11)9-12-4-7-15-10-16-12/h11-13H,2-10H2,1H3. The first-order chi connectivity index (χ1) is 7.84. The number of ether oxygens (including phenoxy) is 2. The average Bonchev–Trinajstić information content (AvgIpc) is 2.31. The second-order valence-corrected chi connectivity index (χ2v) is 5.02. The van der Waals surface area contributed by atoms with Gasteiger partial charge in [-0.1, -0.05) is 0 Å². The molecule has 0 saturated carbocycles. The number of rotatable bonds is 4. The maximum Gasteiger partial charge on any atom is 0.147 e. The number of nitrogens with one attached hydrogen (secondary N) is 1. The van der Waals surface area contributed by atoms with Crippen LogP contribution < -0.4 is 5.32 Å². The summed E-state index contributed by atoms with van der Waals surface area (Å²) in [4.78, 5) is 2.42. The molecule has 4 nitrogen and oxygen atoms in total. The van der Waals surface area contributed by atoms with Gasteiger partial charge >= 0.3 is 0 Å². The van der Waals surface area contributed by atoms with Crippen molar-refractivity contribution in [3.8, 4) is 0 Å². The maximum absolute atomic E-state index is 5.56. The monoisotopic (exact) mass is 228 g/mol. The molecule has 0 aromatic heterocycles. The third kappa shape index (κ3) is 4.01. The molecular formula is C12H24N2O2. The molecule has 1 N–H and O–H groups in total. The summed E-state index contributed by atoms with van der Waals surface area (Å²) in [5.41, 5.74) is 0. The lowest BCUT2D eigenvalue weighted by Crippen LogP contribution is -2.39. The summed E-state index contributed by atoms with van der Waals surface area (Å²) in [5, 5.41) is 3.41. The maximum atomic E-state index is 5.56. The fraction of sp³-hybridized carbons (Fsp3) is 1.00. The van der Waals surface area contributed by atoms with Gasteiger partial charge in [0, 0.05) is 13.1 Å². The van der Waals surface area contributed by atoms with E-state index in [0.717, 1.165) is 25.5 Å². The van der Waals surface area contributed by atoms with E-state index in [4.69, 9.17) is 9.47 Å². The van der Waals surface area contributed by atoms with Crippen LogP contribution in [0.2, 0.25) is 0 Å². The minimum Gasteiger partial charge on any atom is -0.355 e. The lowest BCUT2D eigenvalue weighted by atomic mass is 9.97. The molecule has 0 amide bonds. The van der Waals surface area contributed by atoms with E-state index < -0.39 is 0 Å². The number of nitrogens with zero attached hydrogens (tertiary/aromatic N) is 1. The number of likely N-dealkylation sites (N-methyl/N-ethyl adjacent to an activating group) is 1. The third-order valence-electron chi connectivity index (χ3n) is 3.52. The van der Waals surface area contributed by atoms with Crippen molar-refractivity contribution in [2.45, 2.75) is 25.4 Å². The summed E-state index contributed by atoms with van der Waals surface area (Å²) in [7, 11) is 2.21. The normalized spacial score (nSPS) is 28.5. The van der Waals surface area contributed by atoms with Crippen LogP contribution in [0.25, 0.3) is 0 Å². The van der Waals surface area contributed by atoms with E-state index in [0.29, 0.717) is 12.9 Å². The van der Waals surface area contributed by atoms with Gasteiger partial charge in [0.25, 0.3) is 0 Å². The molecule has 0 spiro atoms. The average molecular weight is 228 g/mol. The first kappa shape index (κ1) is 12.3. The smallest absolute Gasteiger partial charge is 0.147 e. The van der Waals surface area contributed by atoms with Crippen molar-refractivity contribution in [3.05, 3.63) is 0 Å². The largest absolute Gasteiger partial charge is 0.355 e. The minimum absolute atomic E-state index is 0.375. The van der Waals surface area contributed by atoms with Gasteiger partial charge in [-0.2, -0.15) is 0 Å². The van der Waals surface area contributed by atoms with Crippen LogP contribution in [0, 0.1) is 5.92 Å². The molecule has 16 heavy (non-hydrogen) atoms. The number of hydrogen-bond acceptors (Lipinski definition) is 4. The predicted molar refractivity (Wildman–Crippen MR) is 63.4 cm³/mol. The lowest BCUT2D eigenvalue weighted by Gasteiger charge is -2.31. The first-order valence-electron chi connectivity index (χ1n) is 6.43. The van der Waals surface area contributed by atoms with Crippen molar-refractivity contribution in [1.82, 2.24) is 10.2 Å². The van der Waals surface area contributed by atoms with Gasteiger partial charge in [-0.25, -0.2) is 0 Å². The van der Waals surface area contributed by atoms with E-state index in [1.54, 1.807) is 0 Å². The van der Waals surface area contributed by atoms with E-state index in [1.807, 2.05) is 0 Å². The Balaban J connectivity index is 1.64. The SMILES string of the molecule is CN(CC1CCNCC1)CC1CCOCO1. The zero-order chi connectivity index (χ0) is 11.2. The molecule has 0 radical (unpaired) electrons. The topological polar surface area (TPSA) is 33.7 Å². The van der Waals surface area contributed by atoms with E-state index in [9.17, 15) is 0 Å². The molecule has 1 unspecified atom stereocenters. The van der Waals surface area contributed by atoms with Crippen molar-refractivity contribution in [2.24, 2.45) is 5.92 Å². The second kappa shape index (κ2) is 6.55. The summed E-state index contributed by atoms with van der Waals surface area (Å²) in [6, 6.07) is 0. The van der Waals surface area contributed by atoms with Crippen LogP contribution in [-0.4, -0.2) is 57.6 Å². The Morgan fingerprint density at radius 3 is 2.69 bits per heavy atom. The summed E-state index contributed by atoms with van der Waals surface area (Å²) in [5.74, 6) is 0.867. The van der Waals surface area contributed by atoms with Crippen LogP contribution in [-0.2, 0) is 9.47 Å². The van der Waals surface area contributed by atoms with Gasteiger partial charge in [0.15, 0.2) is 0 Å². The molecule has 0 aromatic rings. The van der Waals surface area contributed by atoms with Gasteiger partial charge in [0.05, 0.1) is 12.7 Å². The van der Waals surface area contributed by atoms with Crippen molar-refractivity contribution < 1.29 is 9.47 Å². The highest BCUT2D eigenvalue weighted by atomic mass is 16.7. The van der Waals surface area contributed by atoms with Gasteiger partial charge in [0.1, 0.15) is 6.79 Å². The molecule has 94 valence electrons. The van der Waals surface area contributed by atoms with Crippen molar-refractivity contribution in [2.75, 3.05) is 46.6 Å². The van der Waals surface area contributed by atoms with Crippen LogP contribution in [0.4, 0.5) is 0 Å². The van der Waals surface area contributed by atoms with E-state index in [1.165, 1.54) is 32.5 Å². The summed E-state index contributed by atoms with van der Waals surface area (Å²) in [6.45, 7) is 5.96. The Morgan fingerprint density at radius 1 is 1.19 bits per heavy atom. The van der Waals surface area contributed by atoms with E-state index in [-0.39, 0.29) is 0 Å². The van der Waals surface area contributed by atoms with Crippen LogP contribution in [0.1, 0.15) is 19.3 Å². The Kier molecular flexibility index (Phi) is 5.03. The Labute approximate surface area is 98.3 Å². The zero-order valence-electron chi connectivity index (χ0n) is 10.3. The van der Waals surface area contributed by atoms with Crippen molar-refractivity contribution in [1.29, 1.82) is 0 Å². The van der Waals surface area contributed by atoms with Crippen LogP contribution in [0.3, 0.4) is 0 Å². The second-order valence-electron chi connectivity index (χ2n) is 5.02. The summed E-state index contributed by atoms with van der Waals surface area (Å²) < 4.78 is 10.7. The minimum atomic E-state index is 0.375. The highest BCUT2D eigenvalue weighted by Gasteiger charge is 2.19. The molecular weight excluding hydrogens is 204 g/mol. The molecule has 0 aliphatic carbocycles. The first-order valence-corrected chi connectivity index (χ1v) is 6.43. The van der Waals surface area contributed by atoms with Crippen LogP contribution in [0.15, 0.2) is 0 Å². The lowest BCUT2D eigenvalue weighted by molar-refractivity contribution is -0.143. The van der Waals surface area contributed by atoms with E-state index >= 15 is 0 Å². The molecule has 0 aromatic carbocycles. The fourth-order valence-electron chi connectivity index (χ4n) is 2.57. The summed E-state index contributed by atoms with van der Waals surface area (Å²) >= 11 is 0. The summed E-state index contributed by atoms with van der Waals surface area (Å²) in [6.07, 6.45) is 4.05. The van der Waals surface area contributed by atoms with E-state index in [2.05, 4.69) is 17.3 Å². The van der Waals surface area contributed by atoms with Gasteiger partial charge in [-0.15, -0.1) is 0 Å². The molecule has 2 saturated heterocycles. The number of piperidine rings is 1. The fourth-order valence-corrected chi connectivity index (χ4v) is 2.57. The molecule has 0 bridgehead atoms. The highest BCUT2D eigenvalue weighted by molar-refractivity contribution is 4.73. The van der Waals surface area contributed by atoms with Gasteiger partial charge in [-0.3, -0.25) is 0 Å². The Bertz CT molecular complexity index is 169. The highest BCUT2D eigenvalue weighted by Crippen LogP contribution is 2.14. The third-order valence-corrected chi connectivity index (χ3v) is 3.52. The predicted octanol–water partition coefficient (Wildman–Crippen LogP) is 0.681. The van der Waals surface area contributed by atoms with Crippen molar-refractivity contribution >= 4 is 0 Å². The van der Waals surface area contributed by atoms with Crippen LogP contribution in [0.5, 0.6) is 0 Å². The number of hydrogen-bond donors (Lipinski definition) is 1. The molecule has 2 heterocycles. The molecule has 1 atom stereocenters.